The molecule has 2 aromatic rings. The van der Waals surface area contributed by atoms with E-state index in [1.165, 1.54) is 0 Å². The van der Waals surface area contributed by atoms with Gasteiger partial charge in [0.05, 0.1) is 0 Å². The van der Waals surface area contributed by atoms with Crippen LogP contribution in [-0.4, -0.2) is 25.5 Å². The number of aryl methyl sites for hydroxylation is 1. The number of aromatic nitrogens is 4. The lowest BCUT2D eigenvalue weighted by Gasteiger charge is -2.12. The third-order valence-electron chi connectivity index (χ3n) is 3.66. The van der Waals surface area contributed by atoms with Crippen LogP contribution >= 0.6 is 0 Å². The summed E-state index contributed by atoms with van der Waals surface area (Å²) in [5.41, 5.74) is 1.94. The highest BCUT2D eigenvalue weighted by atomic mass is 16.6. The zero-order chi connectivity index (χ0) is 13.2. The van der Waals surface area contributed by atoms with E-state index in [1.54, 1.807) is 0 Å². The molecule has 0 fully saturated rings. The van der Waals surface area contributed by atoms with Gasteiger partial charge in [-0.2, -0.15) is 5.21 Å². The van der Waals surface area contributed by atoms with Crippen molar-refractivity contribution < 1.29 is 4.92 Å². The van der Waals surface area contributed by atoms with E-state index in [9.17, 15) is 10.1 Å². The second kappa shape index (κ2) is 4.75. The van der Waals surface area contributed by atoms with E-state index < -0.39 is 6.04 Å². The van der Waals surface area contributed by atoms with Gasteiger partial charge in [-0.25, -0.2) is 0 Å². The van der Waals surface area contributed by atoms with Crippen molar-refractivity contribution in [3.05, 3.63) is 51.3 Å². The van der Waals surface area contributed by atoms with Crippen LogP contribution in [0.2, 0.25) is 0 Å². The second-order valence-corrected chi connectivity index (χ2v) is 4.76. The molecule has 2 unspecified atom stereocenters. The standard InChI is InChI=1S/C12H13N5O2/c18-17(19)12-9(5-6-11-13-15-16-14-11)7-8-3-1-2-4-10(8)12/h1-4,9,12H,5-7H2,(H,13,14,15,16). The molecule has 7 nitrogen and oxygen atoms in total. The van der Waals surface area contributed by atoms with E-state index in [1.807, 2.05) is 24.3 Å². The summed E-state index contributed by atoms with van der Waals surface area (Å²) in [5.74, 6) is 0.615. The van der Waals surface area contributed by atoms with Gasteiger partial charge in [0.15, 0.2) is 5.82 Å². The third kappa shape index (κ3) is 2.18. The van der Waals surface area contributed by atoms with Crippen LogP contribution in [0.15, 0.2) is 24.3 Å². The predicted octanol–water partition coefficient (Wildman–Crippen LogP) is 1.32. The minimum Gasteiger partial charge on any atom is -0.264 e. The highest BCUT2D eigenvalue weighted by molar-refractivity contribution is 5.34. The van der Waals surface area contributed by atoms with Gasteiger partial charge in [0.2, 0.25) is 6.04 Å². The van der Waals surface area contributed by atoms with E-state index in [0.29, 0.717) is 18.7 Å². The molecule has 1 aliphatic rings. The Morgan fingerprint density at radius 2 is 2.26 bits per heavy atom. The molecular weight excluding hydrogens is 246 g/mol. The number of aromatic amines is 1. The van der Waals surface area contributed by atoms with Gasteiger partial charge in [-0.3, -0.25) is 10.1 Å². The number of tetrazole rings is 1. The molecule has 1 aromatic carbocycles. The van der Waals surface area contributed by atoms with Gasteiger partial charge < -0.3 is 0 Å². The first kappa shape index (κ1) is 11.8. The summed E-state index contributed by atoms with van der Waals surface area (Å²) in [5, 5.41) is 24.9. The molecule has 0 saturated heterocycles. The summed E-state index contributed by atoms with van der Waals surface area (Å²) < 4.78 is 0. The number of hydrogen-bond acceptors (Lipinski definition) is 5. The molecule has 1 heterocycles. The van der Waals surface area contributed by atoms with Crippen molar-refractivity contribution in [3.8, 4) is 0 Å². The van der Waals surface area contributed by atoms with Crippen LogP contribution in [0.4, 0.5) is 0 Å². The largest absolute Gasteiger partial charge is 0.264 e. The average Bonchev–Trinajstić information content (AvgIpc) is 3.03. The molecular formula is C12H13N5O2. The van der Waals surface area contributed by atoms with Gasteiger partial charge in [0.1, 0.15) is 0 Å². The molecule has 3 rings (SSSR count). The van der Waals surface area contributed by atoms with Gasteiger partial charge in [-0.1, -0.05) is 29.5 Å². The maximum atomic E-state index is 11.3. The van der Waals surface area contributed by atoms with Crippen molar-refractivity contribution in [3.63, 3.8) is 0 Å². The Hall–Kier alpha value is -2.31. The summed E-state index contributed by atoms with van der Waals surface area (Å²) in [4.78, 5) is 11.1. The fraction of sp³-hybridized carbons (Fsp3) is 0.417. The zero-order valence-corrected chi connectivity index (χ0v) is 10.2. The SMILES string of the molecule is O=[N+]([O-])C1c2ccccc2CC1CCc1nn[nH]n1. The predicted molar refractivity (Wildman–Crippen MR) is 65.9 cm³/mol. The lowest BCUT2D eigenvalue weighted by molar-refractivity contribution is -0.537. The molecule has 7 heteroatoms. The molecule has 0 spiro atoms. The lowest BCUT2D eigenvalue weighted by atomic mass is 9.96. The molecule has 1 N–H and O–H groups in total. The van der Waals surface area contributed by atoms with Crippen LogP contribution < -0.4 is 0 Å². The Balaban J connectivity index is 1.77. The minimum absolute atomic E-state index is 0.00546. The molecule has 98 valence electrons. The van der Waals surface area contributed by atoms with Crippen LogP contribution in [0.25, 0.3) is 0 Å². The number of fused-ring (bicyclic) bond motifs is 1. The van der Waals surface area contributed by atoms with Crippen LogP contribution in [0.1, 0.15) is 29.4 Å². The molecule has 0 aliphatic heterocycles. The van der Waals surface area contributed by atoms with Gasteiger partial charge in [0.25, 0.3) is 0 Å². The fourth-order valence-electron chi connectivity index (χ4n) is 2.81. The Morgan fingerprint density at radius 1 is 1.42 bits per heavy atom. The summed E-state index contributed by atoms with van der Waals surface area (Å²) in [7, 11) is 0. The Labute approximate surface area is 109 Å². The Kier molecular flexibility index (Phi) is 2.94. The maximum Gasteiger partial charge on any atom is 0.241 e. The van der Waals surface area contributed by atoms with E-state index in [0.717, 1.165) is 17.5 Å². The Morgan fingerprint density at radius 3 is 3.00 bits per heavy atom. The van der Waals surface area contributed by atoms with Gasteiger partial charge in [-0.05, 0) is 18.4 Å². The Bertz CT molecular complexity index is 584. The first-order valence-corrected chi connectivity index (χ1v) is 6.19. The summed E-state index contributed by atoms with van der Waals surface area (Å²) in [6.45, 7) is 0. The lowest BCUT2D eigenvalue weighted by Crippen LogP contribution is -2.17. The molecule has 2 atom stereocenters. The highest BCUT2D eigenvalue weighted by Crippen LogP contribution is 2.40. The molecule has 0 saturated carbocycles. The highest BCUT2D eigenvalue weighted by Gasteiger charge is 2.40. The first-order chi connectivity index (χ1) is 9.25. The van der Waals surface area contributed by atoms with Crippen molar-refractivity contribution >= 4 is 0 Å². The van der Waals surface area contributed by atoms with E-state index >= 15 is 0 Å². The third-order valence-corrected chi connectivity index (χ3v) is 3.66. The molecule has 1 aromatic heterocycles. The second-order valence-electron chi connectivity index (χ2n) is 4.76. The molecule has 19 heavy (non-hydrogen) atoms. The van der Waals surface area contributed by atoms with Crippen molar-refractivity contribution in [2.75, 3.05) is 0 Å². The normalized spacial score (nSPS) is 21.3. The van der Waals surface area contributed by atoms with Gasteiger partial charge in [-0.15, -0.1) is 10.2 Å². The first-order valence-electron chi connectivity index (χ1n) is 6.19. The monoisotopic (exact) mass is 259 g/mol. The molecule has 0 amide bonds. The number of rotatable bonds is 4. The molecule has 0 radical (unpaired) electrons. The number of H-pyrrole nitrogens is 1. The topological polar surface area (TPSA) is 97.6 Å². The summed E-state index contributed by atoms with van der Waals surface area (Å²) in [6.07, 6.45) is 2.05. The van der Waals surface area contributed by atoms with E-state index in [2.05, 4.69) is 20.6 Å². The number of nitrogens with zero attached hydrogens (tertiary/aromatic N) is 4. The quantitative estimate of drug-likeness (QED) is 0.659. The fourth-order valence-corrected chi connectivity index (χ4v) is 2.81. The van der Waals surface area contributed by atoms with E-state index in [4.69, 9.17) is 0 Å². The number of hydrogen-bond donors (Lipinski definition) is 1. The number of nitro groups is 1. The van der Waals surface area contributed by atoms with Crippen molar-refractivity contribution in [2.45, 2.75) is 25.3 Å². The van der Waals surface area contributed by atoms with Crippen LogP contribution in [0.5, 0.6) is 0 Å². The van der Waals surface area contributed by atoms with Crippen LogP contribution in [-0.2, 0) is 12.8 Å². The summed E-state index contributed by atoms with van der Waals surface area (Å²) >= 11 is 0. The van der Waals surface area contributed by atoms with E-state index in [-0.39, 0.29) is 10.8 Å². The van der Waals surface area contributed by atoms with Crippen LogP contribution in [0, 0.1) is 16.0 Å². The van der Waals surface area contributed by atoms with Gasteiger partial charge in [0, 0.05) is 22.8 Å². The van der Waals surface area contributed by atoms with Crippen molar-refractivity contribution in [2.24, 2.45) is 5.92 Å². The smallest absolute Gasteiger partial charge is 0.241 e. The van der Waals surface area contributed by atoms with Crippen molar-refractivity contribution in [1.82, 2.24) is 20.6 Å². The van der Waals surface area contributed by atoms with Crippen molar-refractivity contribution in [1.29, 1.82) is 0 Å². The zero-order valence-electron chi connectivity index (χ0n) is 10.2. The van der Waals surface area contributed by atoms with Gasteiger partial charge >= 0.3 is 0 Å². The average molecular weight is 259 g/mol. The number of nitrogens with one attached hydrogen (secondary N) is 1. The molecule has 0 bridgehead atoms. The maximum absolute atomic E-state index is 11.3. The number of benzene rings is 1. The summed E-state index contributed by atoms with van der Waals surface area (Å²) in [6, 6.07) is 7.01. The van der Waals surface area contributed by atoms with Crippen LogP contribution in [0.3, 0.4) is 0 Å². The minimum atomic E-state index is -0.608. The molecule has 1 aliphatic carbocycles.